The van der Waals surface area contributed by atoms with Crippen molar-refractivity contribution in [1.82, 2.24) is 4.90 Å². The summed E-state index contributed by atoms with van der Waals surface area (Å²) in [6.45, 7) is 3.69. The number of carbonyl (C=O) groups is 1. The molecule has 0 N–H and O–H groups in total. The maximum absolute atomic E-state index is 11.8. The third-order valence-electron chi connectivity index (χ3n) is 2.55. The number of rotatable bonds is 1. The lowest BCUT2D eigenvalue weighted by molar-refractivity contribution is 0.00850. The lowest BCUT2D eigenvalue weighted by Gasteiger charge is -2.32. The zero-order chi connectivity index (χ0) is 11.4. The Labute approximate surface area is 94.8 Å². The maximum atomic E-state index is 11.8. The third kappa shape index (κ3) is 2.52. The van der Waals surface area contributed by atoms with Crippen molar-refractivity contribution in [2.75, 3.05) is 19.8 Å². The Bertz CT molecular complexity index is 353. The molecule has 4 heteroatoms. The summed E-state index contributed by atoms with van der Waals surface area (Å²) in [4.78, 5) is 13.5. The van der Waals surface area contributed by atoms with Crippen LogP contribution >= 0.6 is 0 Å². The molecule has 1 fully saturated rings. The van der Waals surface area contributed by atoms with Crippen LogP contribution in [0.2, 0.25) is 0 Å². The second-order valence-electron chi connectivity index (χ2n) is 3.80. The smallest absolute Gasteiger partial charge is 0.410 e. The monoisotopic (exact) mass is 221 g/mol. The first-order chi connectivity index (χ1) is 7.77. The van der Waals surface area contributed by atoms with E-state index in [2.05, 4.69) is 0 Å². The Morgan fingerprint density at radius 1 is 1.44 bits per heavy atom. The summed E-state index contributed by atoms with van der Waals surface area (Å²) >= 11 is 0. The van der Waals surface area contributed by atoms with Gasteiger partial charge in [0.05, 0.1) is 19.3 Å². The summed E-state index contributed by atoms with van der Waals surface area (Å²) in [7, 11) is 0. The lowest BCUT2D eigenvalue weighted by Crippen LogP contribution is -2.48. The number of nitrogens with zero attached hydrogens (tertiary/aromatic N) is 1. The van der Waals surface area contributed by atoms with Crippen molar-refractivity contribution in [3.63, 3.8) is 0 Å². The van der Waals surface area contributed by atoms with Crippen molar-refractivity contribution < 1.29 is 14.3 Å². The van der Waals surface area contributed by atoms with E-state index in [1.54, 1.807) is 17.0 Å². The molecule has 86 valence electrons. The summed E-state index contributed by atoms with van der Waals surface area (Å²) in [5, 5.41) is 0. The molecule has 0 bridgehead atoms. The van der Waals surface area contributed by atoms with Crippen LogP contribution < -0.4 is 4.74 Å². The Morgan fingerprint density at radius 2 is 2.19 bits per heavy atom. The molecular weight excluding hydrogens is 206 g/mol. The van der Waals surface area contributed by atoms with Crippen LogP contribution in [-0.2, 0) is 4.74 Å². The van der Waals surface area contributed by atoms with Crippen molar-refractivity contribution in [2.24, 2.45) is 0 Å². The predicted molar refractivity (Wildman–Crippen MR) is 59.5 cm³/mol. The van der Waals surface area contributed by atoms with E-state index in [1.807, 2.05) is 25.1 Å². The molecule has 0 aliphatic carbocycles. The lowest BCUT2D eigenvalue weighted by atomic mass is 10.3. The highest BCUT2D eigenvalue weighted by Gasteiger charge is 2.25. The second-order valence-corrected chi connectivity index (χ2v) is 3.80. The molecule has 1 atom stereocenters. The number of morpholine rings is 1. The van der Waals surface area contributed by atoms with Crippen LogP contribution in [0.1, 0.15) is 6.92 Å². The van der Waals surface area contributed by atoms with Gasteiger partial charge in [-0.3, -0.25) is 0 Å². The second kappa shape index (κ2) is 4.99. The minimum atomic E-state index is -0.304. The van der Waals surface area contributed by atoms with Crippen molar-refractivity contribution in [3.8, 4) is 5.75 Å². The van der Waals surface area contributed by atoms with Gasteiger partial charge in [0.1, 0.15) is 5.75 Å². The van der Waals surface area contributed by atoms with E-state index in [0.717, 1.165) is 0 Å². The molecule has 1 aliphatic heterocycles. The van der Waals surface area contributed by atoms with Crippen LogP contribution in [-0.4, -0.2) is 36.8 Å². The number of amides is 1. The van der Waals surface area contributed by atoms with E-state index < -0.39 is 0 Å². The summed E-state index contributed by atoms with van der Waals surface area (Å²) in [5.74, 6) is 0.575. The minimum absolute atomic E-state index is 0.0740. The topological polar surface area (TPSA) is 38.8 Å². The van der Waals surface area contributed by atoms with Crippen molar-refractivity contribution >= 4 is 6.09 Å². The number of para-hydroxylation sites is 1. The SMILES string of the molecule is C[C@@H]1COCCN1C(=O)Oc1ccccc1. The summed E-state index contributed by atoms with van der Waals surface area (Å²) < 4.78 is 10.5. The van der Waals surface area contributed by atoms with Gasteiger partial charge in [-0.2, -0.15) is 0 Å². The number of hydrogen-bond acceptors (Lipinski definition) is 3. The molecule has 1 heterocycles. The molecule has 1 aromatic carbocycles. The van der Waals surface area contributed by atoms with Crippen LogP contribution in [0.5, 0.6) is 5.75 Å². The summed E-state index contributed by atoms with van der Waals surface area (Å²) in [6.07, 6.45) is -0.304. The van der Waals surface area contributed by atoms with Gasteiger partial charge in [-0.15, -0.1) is 0 Å². The van der Waals surface area contributed by atoms with Crippen LogP contribution in [0, 0.1) is 0 Å². The number of ether oxygens (including phenoxy) is 2. The zero-order valence-corrected chi connectivity index (χ0v) is 9.26. The van der Waals surface area contributed by atoms with Gasteiger partial charge in [0.2, 0.25) is 0 Å². The van der Waals surface area contributed by atoms with Gasteiger partial charge in [-0.05, 0) is 19.1 Å². The molecule has 1 amide bonds. The quantitative estimate of drug-likeness (QED) is 0.727. The van der Waals surface area contributed by atoms with E-state index in [9.17, 15) is 4.79 Å². The van der Waals surface area contributed by atoms with Crippen LogP contribution in [0.4, 0.5) is 4.79 Å². The Balaban J connectivity index is 1.97. The highest BCUT2D eigenvalue weighted by atomic mass is 16.6. The molecule has 2 rings (SSSR count). The first-order valence-electron chi connectivity index (χ1n) is 5.38. The molecule has 0 saturated carbocycles. The van der Waals surface area contributed by atoms with E-state index in [4.69, 9.17) is 9.47 Å². The van der Waals surface area contributed by atoms with Crippen molar-refractivity contribution in [2.45, 2.75) is 13.0 Å². The maximum Gasteiger partial charge on any atom is 0.415 e. The Morgan fingerprint density at radius 3 is 2.88 bits per heavy atom. The van der Waals surface area contributed by atoms with Crippen molar-refractivity contribution in [1.29, 1.82) is 0 Å². The van der Waals surface area contributed by atoms with E-state index >= 15 is 0 Å². The van der Waals surface area contributed by atoms with Gasteiger partial charge in [0, 0.05) is 6.54 Å². The first kappa shape index (κ1) is 11.0. The van der Waals surface area contributed by atoms with Gasteiger partial charge >= 0.3 is 6.09 Å². The average Bonchev–Trinajstić information content (AvgIpc) is 2.31. The summed E-state index contributed by atoms with van der Waals surface area (Å²) in [6, 6.07) is 9.17. The van der Waals surface area contributed by atoms with E-state index in [1.165, 1.54) is 0 Å². The summed E-state index contributed by atoms with van der Waals surface area (Å²) in [5.41, 5.74) is 0. The predicted octanol–water partition coefficient (Wildman–Crippen LogP) is 1.91. The van der Waals surface area contributed by atoms with E-state index in [0.29, 0.717) is 25.5 Å². The number of benzene rings is 1. The molecular formula is C12H15NO3. The largest absolute Gasteiger partial charge is 0.415 e. The van der Waals surface area contributed by atoms with Gasteiger partial charge in [0.25, 0.3) is 0 Å². The fraction of sp³-hybridized carbons (Fsp3) is 0.417. The molecule has 1 aromatic rings. The third-order valence-corrected chi connectivity index (χ3v) is 2.55. The minimum Gasteiger partial charge on any atom is -0.410 e. The van der Waals surface area contributed by atoms with Gasteiger partial charge in [0.15, 0.2) is 0 Å². The fourth-order valence-electron chi connectivity index (χ4n) is 1.65. The molecule has 0 spiro atoms. The molecule has 16 heavy (non-hydrogen) atoms. The Kier molecular flexibility index (Phi) is 3.41. The molecule has 0 unspecified atom stereocenters. The fourth-order valence-corrected chi connectivity index (χ4v) is 1.65. The van der Waals surface area contributed by atoms with Gasteiger partial charge < -0.3 is 14.4 Å². The number of carbonyl (C=O) groups excluding carboxylic acids is 1. The Hall–Kier alpha value is -1.55. The van der Waals surface area contributed by atoms with Crippen LogP contribution in [0.3, 0.4) is 0 Å². The van der Waals surface area contributed by atoms with Gasteiger partial charge in [-0.1, -0.05) is 18.2 Å². The van der Waals surface area contributed by atoms with E-state index in [-0.39, 0.29) is 12.1 Å². The number of hydrogen-bond donors (Lipinski definition) is 0. The molecule has 0 aromatic heterocycles. The molecule has 1 saturated heterocycles. The standard InChI is InChI=1S/C12H15NO3/c1-10-9-15-8-7-13(10)12(14)16-11-5-3-2-4-6-11/h2-6,10H,7-9H2,1H3/t10-/m1/s1. The van der Waals surface area contributed by atoms with Crippen LogP contribution in [0.25, 0.3) is 0 Å². The zero-order valence-electron chi connectivity index (χ0n) is 9.26. The molecule has 1 aliphatic rings. The molecule has 4 nitrogen and oxygen atoms in total. The highest BCUT2D eigenvalue weighted by Crippen LogP contribution is 2.13. The van der Waals surface area contributed by atoms with Crippen LogP contribution in [0.15, 0.2) is 30.3 Å². The normalized spacial score (nSPS) is 20.6. The van der Waals surface area contributed by atoms with Crippen molar-refractivity contribution in [3.05, 3.63) is 30.3 Å². The first-order valence-corrected chi connectivity index (χ1v) is 5.38. The molecule has 0 radical (unpaired) electrons. The average molecular weight is 221 g/mol. The highest BCUT2D eigenvalue weighted by molar-refractivity contribution is 5.71. The van der Waals surface area contributed by atoms with Gasteiger partial charge in [-0.25, -0.2) is 4.79 Å².